The minimum Gasteiger partial charge on any atom is -0.459 e. The molecule has 1 aromatic heterocycles. The summed E-state index contributed by atoms with van der Waals surface area (Å²) in [6.45, 7) is 3.37. The van der Waals surface area contributed by atoms with Crippen molar-refractivity contribution in [2.24, 2.45) is 0 Å². The van der Waals surface area contributed by atoms with E-state index in [2.05, 4.69) is 16.0 Å². The second kappa shape index (κ2) is 7.96. The number of hydrogen-bond acceptors (Lipinski definition) is 4. The van der Waals surface area contributed by atoms with Gasteiger partial charge in [-0.25, -0.2) is 0 Å². The van der Waals surface area contributed by atoms with E-state index in [1.54, 1.807) is 6.07 Å². The lowest BCUT2D eigenvalue weighted by atomic mass is 10.1. The zero-order chi connectivity index (χ0) is 17.5. The van der Waals surface area contributed by atoms with Crippen LogP contribution in [-0.4, -0.2) is 30.8 Å². The summed E-state index contributed by atoms with van der Waals surface area (Å²) in [7, 11) is 0. The molecule has 0 fully saturated rings. The Balaban J connectivity index is 1.75. The lowest BCUT2D eigenvalue weighted by Gasteiger charge is -2.12. The molecule has 3 N–H and O–H groups in total. The molecule has 1 heterocycles. The van der Waals surface area contributed by atoms with Crippen molar-refractivity contribution in [3.63, 3.8) is 0 Å². The third-order valence-electron chi connectivity index (χ3n) is 3.35. The van der Waals surface area contributed by atoms with E-state index in [9.17, 15) is 14.4 Å². The lowest BCUT2D eigenvalue weighted by Crippen LogP contribution is -2.40. The van der Waals surface area contributed by atoms with Gasteiger partial charge in [0.1, 0.15) is 0 Å². The maximum atomic E-state index is 11.9. The Kier molecular flexibility index (Phi) is 5.73. The van der Waals surface area contributed by atoms with Crippen molar-refractivity contribution in [3.8, 4) is 0 Å². The van der Waals surface area contributed by atoms with Crippen molar-refractivity contribution >= 4 is 23.4 Å². The molecule has 0 spiro atoms. The smallest absolute Gasteiger partial charge is 0.287 e. The van der Waals surface area contributed by atoms with E-state index in [4.69, 9.17) is 4.42 Å². The van der Waals surface area contributed by atoms with Gasteiger partial charge < -0.3 is 20.4 Å². The molecule has 126 valence electrons. The van der Waals surface area contributed by atoms with Crippen LogP contribution >= 0.6 is 0 Å². The zero-order valence-electron chi connectivity index (χ0n) is 13.5. The largest absolute Gasteiger partial charge is 0.459 e. The monoisotopic (exact) mass is 329 g/mol. The second-order valence-corrected chi connectivity index (χ2v) is 5.25. The molecular weight excluding hydrogens is 310 g/mol. The molecule has 0 aliphatic rings. The van der Waals surface area contributed by atoms with E-state index in [0.717, 1.165) is 16.8 Å². The molecule has 2 rings (SSSR count). The highest BCUT2D eigenvalue weighted by molar-refractivity contribution is 5.97. The normalized spacial score (nSPS) is 10.1. The highest BCUT2D eigenvalue weighted by Crippen LogP contribution is 2.18. The Morgan fingerprint density at radius 1 is 0.917 bits per heavy atom. The van der Waals surface area contributed by atoms with Crippen molar-refractivity contribution in [1.29, 1.82) is 0 Å². The zero-order valence-corrected chi connectivity index (χ0v) is 13.5. The van der Waals surface area contributed by atoms with Crippen LogP contribution in [0, 0.1) is 13.8 Å². The molecule has 0 aliphatic heterocycles. The molecular formula is C17H19N3O4. The van der Waals surface area contributed by atoms with Gasteiger partial charge in [-0.05, 0) is 37.1 Å². The van der Waals surface area contributed by atoms with Gasteiger partial charge in [0.2, 0.25) is 11.8 Å². The number of nitrogens with one attached hydrogen (secondary N) is 3. The predicted molar refractivity (Wildman–Crippen MR) is 88.6 cm³/mol. The third-order valence-corrected chi connectivity index (χ3v) is 3.35. The van der Waals surface area contributed by atoms with Gasteiger partial charge in [0.25, 0.3) is 5.91 Å². The molecule has 1 aromatic carbocycles. The fraction of sp³-hybridized carbons (Fsp3) is 0.235. The Morgan fingerprint density at radius 3 is 2.21 bits per heavy atom. The molecule has 0 aliphatic carbocycles. The van der Waals surface area contributed by atoms with Crippen LogP contribution in [0.2, 0.25) is 0 Å². The third kappa shape index (κ3) is 4.70. The maximum Gasteiger partial charge on any atom is 0.287 e. The summed E-state index contributed by atoms with van der Waals surface area (Å²) in [5, 5.41) is 7.61. The van der Waals surface area contributed by atoms with Crippen LogP contribution in [0.5, 0.6) is 0 Å². The first kappa shape index (κ1) is 17.3. The van der Waals surface area contributed by atoms with Crippen molar-refractivity contribution in [2.45, 2.75) is 13.8 Å². The van der Waals surface area contributed by atoms with E-state index in [-0.39, 0.29) is 24.8 Å². The van der Waals surface area contributed by atoms with Gasteiger partial charge in [-0.2, -0.15) is 0 Å². The molecule has 3 amide bonds. The highest BCUT2D eigenvalue weighted by Gasteiger charge is 2.12. The Hall–Kier alpha value is -3.09. The number of furan rings is 1. The maximum absolute atomic E-state index is 11.9. The van der Waals surface area contributed by atoms with Gasteiger partial charge in [-0.3, -0.25) is 14.4 Å². The van der Waals surface area contributed by atoms with E-state index in [0.29, 0.717) is 0 Å². The van der Waals surface area contributed by atoms with Crippen LogP contribution < -0.4 is 16.0 Å². The standard InChI is InChI=1S/C17H19N3O4/c1-11-5-3-6-12(2)16(11)20-15(22)10-18-14(21)9-19-17(23)13-7-4-8-24-13/h3-8H,9-10H2,1-2H3,(H,18,21)(H,19,23)(H,20,22). The quantitative estimate of drug-likeness (QED) is 0.745. The Labute approximate surface area is 139 Å². The van der Waals surface area contributed by atoms with Crippen LogP contribution in [0.15, 0.2) is 41.0 Å². The minimum absolute atomic E-state index is 0.121. The number of carbonyl (C=O) groups excluding carboxylic acids is 3. The van der Waals surface area contributed by atoms with Crippen LogP contribution in [0.1, 0.15) is 21.7 Å². The van der Waals surface area contributed by atoms with Crippen molar-refractivity contribution < 1.29 is 18.8 Å². The lowest BCUT2D eigenvalue weighted by molar-refractivity contribution is -0.123. The molecule has 0 saturated carbocycles. The van der Waals surface area contributed by atoms with Gasteiger partial charge in [0.05, 0.1) is 19.4 Å². The number of anilines is 1. The van der Waals surface area contributed by atoms with Crippen LogP contribution in [0.3, 0.4) is 0 Å². The number of hydrogen-bond donors (Lipinski definition) is 3. The molecule has 2 aromatic rings. The number of benzene rings is 1. The van der Waals surface area contributed by atoms with Gasteiger partial charge in [0.15, 0.2) is 5.76 Å². The fourth-order valence-corrected chi connectivity index (χ4v) is 2.09. The first-order chi connectivity index (χ1) is 11.5. The Morgan fingerprint density at radius 2 is 1.58 bits per heavy atom. The molecule has 7 heteroatoms. The van der Waals surface area contributed by atoms with Gasteiger partial charge in [0, 0.05) is 5.69 Å². The first-order valence-electron chi connectivity index (χ1n) is 7.42. The molecule has 24 heavy (non-hydrogen) atoms. The number of carbonyl (C=O) groups is 3. The average Bonchev–Trinajstić information content (AvgIpc) is 3.09. The van der Waals surface area contributed by atoms with Gasteiger partial charge >= 0.3 is 0 Å². The van der Waals surface area contributed by atoms with E-state index < -0.39 is 11.8 Å². The summed E-state index contributed by atoms with van der Waals surface area (Å²) in [5.41, 5.74) is 2.63. The van der Waals surface area contributed by atoms with Crippen molar-refractivity contribution in [3.05, 3.63) is 53.5 Å². The summed E-state index contributed by atoms with van der Waals surface area (Å²) in [5.74, 6) is -1.17. The molecule has 0 atom stereocenters. The fourth-order valence-electron chi connectivity index (χ4n) is 2.09. The van der Waals surface area contributed by atoms with Crippen LogP contribution in [0.4, 0.5) is 5.69 Å². The molecule has 0 radical (unpaired) electrons. The summed E-state index contributed by atoms with van der Waals surface area (Å²) in [6.07, 6.45) is 1.37. The summed E-state index contributed by atoms with van der Waals surface area (Å²) >= 11 is 0. The van der Waals surface area contributed by atoms with Gasteiger partial charge in [-0.15, -0.1) is 0 Å². The predicted octanol–water partition coefficient (Wildman–Crippen LogP) is 1.38. The number of para-hydroxylation sites is 1. The van der Waals surface area contributed by atoms with Crippen LogP contribution in [0.25, 0.3) is 0 Å². The second-order valence-electron chi connectivity index (χ2n) is 5.25. The summed E-state index contributed by atoms with van der Waals surface area (Å²) < 4.78 is 4.91. The van der Waals surface area contributed by atoms with E-state index >= 15 is 0 Å². The minimum atomic E-state index is -0.491. The highest BCUT2D eigenvalue weighted by atomic mass is 16.3. The summed E-state index contributed by atoms with van der Waals surface area (Å²) in [6, 6.07) is 8.76. The van der Waals surface area contributed by atoms with Crippen molar-refractivity contribution in [2.75, 3.05) is 18.4 Å². The van der Waals surface area contributed by atoms with Gasteiger partial charge in [-0.1, -0.05) is 18.2 Å². The SMILES string of the molecule is Cc1cccc(C)c1NC(=O)CNC(=O)CNC(=O)c1ccco1. The average molecular weight is 329 g/mol. The van der Waals surface area contributed by atoms with Crippen molar-refractivity contribution in [1.82, 2.24) is 10.6 Å². The van der Waals surface area contributed by atoms with Crippen LogP contribution in [-0.2, 0) is 9.59 Å². The van der Waals surface area contributed by atoms with E-state index in [1.807, 2.05) is 32.0 Å². The first-order valence-corrected chi connectivity index (χ1v) is 7.42. The molecule has 0 saturated heterocycles. The van der Waals surface area contributed by atoms with E-state index in [1.165, 1.54) is 12.3 Å². The number of aryl methyl sites for hydroxylation is 2. The number of rotatable bonds is 6. The summed E-state index contributed by atoms with van der Waals surface area (Å²) in [4.78, 5) is 35.2. The molecule has 0 unspecified atom stereocenters. The number of amides is 3. The molecule has 7 nitrogen and oxygen atoms in total. The Bertz CT molecular complexity index is 718. The topological polar surface area (TPSA) is 100 Å². The molecule has 0 bridgehead atoms.